The largest absolute Gasteiger partial charge is 0.467 e. The van der Waals surface area contributed by atoms with E-state index in [1.54, 1.807) is 12.3 Å². The summed E-state index contributed by atoms with van der Waals surface area (Å²) in [5, 5.41) is 0. The lowest BCUT2D eigenvalue weighted by molar-refractivity contribution is 0.488. The number of hydrogen-bond donors (Lipinski definition) is 0. The van der Waals surface area contributed by atoms with Crippen molar-refractivity contribution in [3.05, 3.63) is 53.1 Å². The lowest BCUT2D eigenvalue weighted by Gasteiger charge is -1.99. The normalized spacial score (nSPS) is 10.2. The summed E-state index contributed by atoms with van der Waals surface area (Å²) >= 11 is 0. The molecule has 0 aliphatic heterocycles. The highest BCUT2D eigenvalue weighted by atomic mass is 16.3. The average molecular weight is 176 g/mol. The van der Waals surface area contributed by atoms with Gasteiger partial charge in [0.1, 0.15) is 5.76 Å². The van der Waals surface area contributed by atoms with E-state index in [4.69, 9.17) is 4.42 Å². The van der Waals surface area contributed by atoms with E-state index in [2.05, 4.69) is 4.98 Å². The minimum atomic E-state index is -0.0774. The van der Waals surface area contributed by atoms with E-state index < -0.39 is 0 Å². The van der Waals surface area contributed by atoms with Crippen LogP contribution >= 0.6 is 0 Å². The van der Waals surface area contributed by atoms with Gasteiger partial charge in [-0.15, -0.1) is 0 Å². The van der Waals surface area contributed by atoms with E-state index in [-0.39, 0.29) is 5.56 Å². The van der Waals surface area contributed by atoms with Gasteiger partial charge in [0.25, 0.3) is 5.56 Å². The van der Waals surface area contributed by atoms with Crippen LogP contribution < -0.4 is 5.56 Å². The molecule has 66 valence electrons. The van der Waals surface area contributed by atoms with Gasteiger partial charge in [-0.05, 0) is 12.1 Å². The topological polar surface area (TPSA) is 48.0 Å². The summed E-state index contributed by atoms with van der Waals surface area (Å²) in [5.74, 6) is 0.745. The van der Waals surface area contributed by atoms with Crippen LogP contribution in [0.5, 0.6) is 0 Å². The zero-order valence-electron chi connectivity index (χ0n) is 6.88. The number of aromatic nitrogens is 2. The molecule has 0 spiro atoms. The van der Waals surface area contributed by atoms with Crippen LogP contribution in [0, 0.1) is 0 Å². The van der Waals surface area contributed by atoms with Crippen molar-refractivity contribution in [2.75, 3.05) is 0 Å². The molecule has 2 heterocycles. The van der Waals surface area contributed by atoms with Crippen molar-refractivity contribution < 1.29 is 4.42 Å². The lowest BCUT2D eigenvalue weighted by Crippen LogP contribution is -2.18. The fourth-order valence-corrected chi connectivity index (χ4v) is 1.07. The summed E-state index contributed by atoms with van der Waals surface area (Å²) in [5.41, 5.74) is -0.0774. The minimum absolute atomic E-state index is 0.0774. The third kappa shape index (κ3) is 1.66. The zero-order chi connectivity index (χ0) is 9.10. The second kappa shape index (κ2) is 3.26. The third-order valence-electron chi connectivity index (χ3n) is 1.70. The molecule has 0 unspecified atom stereocenters. The van der Waals surface area contributed by atoms with Crippen LogP contribution in [0.3, 0.4) is 0 Å². The van der Waals surface area contributed by atoms with Gasteiger partial charge in [0.2, 0.25) is 0 Å². The highest BCUT2D eigenvalue weighted by Gasteiger charge is 1.98. The molecule has 0 aliphatic rings. The van der Waals surface area contributed by atoms with Crippen LogP contribution in [0.15, 0.2) is 46.2 Å². The molecule has 0 fully saturated rings. The third-order valence-corrected chi connectivity index (χ3v) is 1.70. The van der Waals surface area contributed by atoms with Gasteiger partial charge in [-0.3, -0.25) is 9.36 Å². The fraction of sp³-hybridized carbons (Fsp3) is 0.111. The van der Waals surface area contributed by atoms with Crippen molar-refractivity contribution in [1.82, 2.24) is 9.55 Å². The smallest absolute Gasteiger partial charge is 0.253 e. The van der Waals surface area contributed by atoms with Gasteiger partial charge < -0.3 is 4.42 Å². The summed E-state index contributed by atoms with van der Waals surface area (Å²) in [4.78, 5) is 15.1. The Bertz CT molecular complexity index is 431. The Morgan fingerprint density at radius 3 is 3.08 bits per heavy atom. The van der Waals surface area contributed by atoms with E-state index in [9.17, 15) is 4.79 Å². The van der Waals surface area contributed by atoms with Crippen molar-refractivity contribution in [3.8, 4) is 0 Å². The first kappa shape index (κ1) is 7.79. The maximum absolute atomic E-state index is 11.2. The second-order valence-electron chi connectivity index (χ2n) is 2.63. The molecule has 0 saturated heterocycles. The first-order chi connectivity index (χ1) is 6.36. The molecule has 0 radical (unpaired) electrons. The predicted octanol–water partition coefficient (Wildman–Crippen LogP) is 0.885. The Kier molecular flexibility index (Phi) is 1.96. The number of nitrogens with zero attached hydrogens (tertiary/aromatic N) is 2. The molecule has 4 nitrogen and oxygen atoms in total. The molecule has 0 saturated carbocycles. The summed E-state index contributed by atoms with van der Waals surface area (Å²) in [7, 11) is 0. The molecular weight excluding hydrogens is 168 g/mol. The van der Waals surface area contributed by atoms with Crippen molar-refractivity contribution >= 4 is 0 Å². The molecule has 0 bridgehead atoms. The highest BCUT2D eigenvalue weighted by molar-refractivity contribution is 4.99. The molecule has 0 atom stereocenters. The predicted molar refractivity (Wildman–Crippen MR) is 46.3 cm³/mol. The standard InChI is InChI=1S/C9H8N2O2/c12-9-3-4-10-7-11(9)6-8-2-1-5-13-8/h1-5,7H,6H2. The summed E-state index contributed by atoms with van der Waals surface area (Å²) in [6.07, 6.45) is 4.54. The van der Waals surface area contributed by atoms with Crippen LogP contribution in [0.1, 0.15) is 5.76 Å². The van der Waals surface area contributed by atoms with Gasteiger partial charge in [0, 0.05) is 12.3 Å². The van der Waals surface area contributed by atoms with Gasteiger partial charge >= 0.3 is 0 Å². The van der Waals surface area contributed by atoms with E-state index in [1.807, 2.05) is 6.07 Å². The van der Waals surface area contributed by atoms with E-state index in [1.165, 1.54) is 23.2 Å². The van der Waals surface area contributed by atoms with Crippen molar-refractivity contribution in [1.29, 1.82) is 0 Å². The maximum Gasteiger partial charge on any atom is 0.253 e. The van der Waals surface area contributed by atoms with Crippen molar-refractivity contribution in [3.63, 3.8) is 0 Å². The first-order valence-electron chi connectivity index (χ1n) is 3.89. The van der Waals surface area contributed by atoms with Crippen LogP contribution in [-0.2, 0) is 6.54 Å². The maximum atomic E-state index is 11.2. The van der Waals surface area contributed by atoms with Gasteiger partial charge in [-0.25, -0.2) is 4.98 Å². The molecular formula is C9H8N2O2. The fourth-order valence-electron chi connectivity index (χ4n) is 1.07. The number of hydrogen-bond acceptors (Lipinski definition) is 3. The van der Waals surface area contributed by atoms with Crippen LogP contribution in [0.4, 0.5) is 0 Å². The number of rotatable bonds is 2. The molecule has 0 aromatic carbocycles. The summed E-state index contributed by atoms with van der Waals surface area (Å²) in [6, 6.07) is 5.03. The molecule has 4 heteroatoms. The molecule has 2 aromatic rings. The second-order valence-corrected chi connectivity index (χ2v) is 2.63. The molecule has 2 rings (SSSR count). The monoisotopic (exact) mass is 176 g/mol. The molecule has 2 aromatic heterocycles. The highest BCUT2D eigenvalue weighted by Crippen LogP contribution is 2.00. The van der Waals surface area contributed by atoms with Crippen molar-refractivity contribution in [2.24, 2.45) is 0 Å². The van der Waals surface area contributed by atoms with Gasteiger partial charge in [-0.2, -0.15) is 0 Å². The minimum Gasteiger partial charge on any atom is -0.467 e. The summed E-state index contributed by atoms with van der Waals surface area (Å²) < 4.78 is 6.59. The van der Waals surface area contributed by atoms with Crippen LogP contribution in [0.25, 0.3) is 0 Å². The van der Waals surface area contributed by atoms with Crippen LogP contribution in [0.2, 0.25) is 0 Å². The summed E-state index contributed by atoms with van der Waals surface area (Å²) in [6.45, 7) is 0.430. The van der Waals surface area contributed by atoms with E-state index in [0.29, 0.717) is 6.54 Å². The average Bonchev–Trinajstić information content (AvgIpc) is 2.61. The number of furan rings is 1. The Morgan fingerprint density at radius 1 is 1.46 bits per heavy atom. The quantitative estimate of drug-likeness (QED) is 0.682. The van der Waals surface area contributed by atoms with E-state index in [0.717, 1.165) is 5.76 Å². The Morgan fingerprint density at radius 2 is 2.38 bits per heavy atom. The first-order valence-corrected chi connectivity index (χ1v) is 3.89. The Balaban J connectivity index is 2.29. The van der Waals surface area contributed by atoms with Crippen molar-refractivity contribution in [2.45, 2.75) is 6.54 Å². The van der Waals surface area contributed by atoms with Gasteiger partial charge in [0.15, 0.2) is 0 Å². The zero-order valence-corrected chi connectivity index (χ0v) is 6.88. The van der Waals surface area contributed by atoms with Crippen LogP contribution in [-0.4, -0.2) is 9.55 Å². The lowest BCUT2D eigenvalue weighted by atomic mass is 10.4. The van der Waals surface area contributed by atoms with E-state index >= 15 is 0 Å². The molecule has 0 aliphatic carbocycles. The van der Waals surface area contributed by atoms with Gasteiger partial charge in [0.05, 0.1) is 19.1 Å². The SMILES string of the molecule is O=c1ccncn1Cc1ccco1. The van der Waals surface area contributed by atoms with Gasteiger partial charge in [-0.1, -0.05) is 0 Å². The Hall–Kier alpha value is -1.84. The molecule has 0 N–H and O–H groups in total. The Labute approximate surface area is 74.5 Å². The molecule has 0 amide bonds. The molecule has 13 heavy (non-hydrogen) atoms.